The Bertz CT molecular complexity index is 159. The minimum atomic E-state index is 0.213. The second kappa shape index (κ2) is 2.81. The molecule has 1 aliphatic heterocycles. The maximum Gasteiger partial charge on any atom is 0.249 e. The highest BCUT2D eigenvalue weighted by Gasteiger charge is 2.34. The monoisotopic (exact) mass is 155 g/mol. The zero-order chi connectivity index (χ0) is 7.68. The predicted octanol–water partition coefficient (Wildman–Crippen LogP) is 0.950. The quantitative estimate of drug-likeness (QED) is 0.564. The van der Waals surface area contributed by atoms with Crippen LogP contribution in [0.1, 0.15) is 25.7 Å². The highest BCUT2D eigenvalue weighted by molar-refractivity contribution is 5.80. The Morgan fingerprint density at radius 2 is 2.18 bits per heavy atom. The van der Waals surface area contributed by atoms with E-state index in [0.29, 0.717) is 5.92 Å². The molecule has 1 heterocycles. The van der Waals surface area contributed by atoms with Gasteiger partial charge < -0.3 is 0 Å². The first kappa shape index (κ1) is 7.10. The maximum atomic E-state index is 11.4. The van der Waals surface area contributed by atoms with E-state index in [0.717, 1.165) is 38.8 Å². The van der Waals surface area contributed by atoms with Crippen molar-refractivity contribution in [2.24, 2.45) is 5.92 Å². The largest absolute Gasteiger partial charge is 0.272 e. The number of carbonyl (C=O) groups excluding carboxylic acids is 1. The third-order valence-electron chi connectivity index (χ3n) is 2.18. The van der Waals surface area contributed by atoms with Gasteiger partial charge in [0.25, 0.3) is 0 Å². The molecule has 1 saturated carbocycles. The van der Waals surface area contributed by atoms with Crippen LogP contribution < -0.4 is 0 Å². The van der Waals surface area contributed by atoms with Crippen LogP contribution in [-0.2, 0) is 9.63 Å². The highest BCUT2D eigenvalue weighted by Crippen LogP contribution is 2.31. The summed E-state index contributed by atoms with van der Waals surface area (Å²) in [4.78, 5) is 16.6. The van der Waals surface area contributed by atoms with E-state index in [9.17, 15) is 4.79 Å². The fourth-order valence-electron chi connectivity index (χ4n) is 1.30. The fraction of sp³-hybridized carbons (Fsp3) is 0.875. The molecular weight excluding hydrogens is 142 g/mol. The second-order valence-corrected chi connectivity index (χ2v) is 3.25. The van der Waals surface area contributed by atoms with Gasteiger partial charge in [-0.3, -0.25) is 9.63 Å². The van der Waals surface area contributed by atoms with Crippen molar-refractivity contribution in [2.75, 3.05) is 13.2 Å². The van der Waals surface area contributed by atoms with Crippen LogP contribution in [0.15, 0.2) is 0 Å². The Morgan fingerprint density at radius 1 is 1.36 bits per heavy atom. The summed E-state index contributed by atoms with van der Waals surface area (Å²) in [5.41, 5.74) is 0. The molecule has 0 bridgehead atoms. The number of hydroxylamine groups is 2. The van der Waals surface area contributed by atoms with Crippen LogP contribution >= 0.6 is 0 Å². The van der Waals surface area contributed by atoms with Crippen molar-refractivity contribution in [3.63, 3.8) is 0 Å². The summed E-state index contributed by atoms with van der Waals surface area (Å²) in [7, 11) is 0. The molecule has 2 fully saturated rings. The molecule has 0 spiro atoms. The molecule has 1 saturated heterocycles. The molecule has 2 rings (SSSR count). The summed E-state index contributed by atoms with van der Waals surface area (Å²) < 4.78 is 0. The van der Waals surface area contributed by atoms with Crippen molar-refractivity contribution >= 4 is 5.91 Å². The first-order valence-electron chi connectivity index (χ1n) is 4.32. The van der Waals surface area contributed by atoms with Gasteiger partial charge >= 0.3 is 0 Å². The van der Waals surface area contributed by atoms with Gasteiger partial charge in [0.1, 0.15) is 0 Å². The fourth-order valence-corrected chi connectivity index (χ4v) is 1.30. The second-order valence-electron chi connectivity index (χ2n) is 3.25. The third kappa shape index (κ3) is 1.53. The smallest absolute Gasteiger partial charge is 0.249 e. The molecule has 0 unspecified atom stereocenters. The van der Waals surface area contributed by atoms with Crippen LogP contribution in [-0.4, -0.2) is 24.1 Å². The van der Waals surface area contributed by atoms with Gasteiger partial charge in [-0.15, -0.1) is 0 Å². The molecule has 0 radical (unpaired) electrons. The molecule has 2 aliphatic rings. The van der Waals surface area contributed by atoms with Crippen LogP contribution in [0.3, 0.4) is 0 Å². The minimum absolute atomic E-state index is 0.213. The van der Waals surface area contributed by atoms with E-state index in [-0.39, 0.29) is 5.91 Å². The number of amides is 1. The number of hydrogen-bond donors (Lipinski definition) is 0. The van der Waals surface area contributed by atoms with Gasteiger partial charge in [-0.25, -0.2) is 5.06 Å². The number of rotatable bonds is 1. The van der Waals surface area contributed by atoms with Gasteiger partial charge in [-0.2, -0.15) is 0 Å². The zero-order valence-corrected chi connectivity index (χ0v) is 6.58. The van der Waals surface area contributed by atoms with Crippen molar-refractivity contribution < 1.29 is 9.63 Å². The summed E-state index contributed by atoms with van der Waals surface area (Å²) >= 11 is 0. The van der Waals surface area contributed by atoms with Crippen LogP contribution in [0.2, 0.25) is 0 Å². The van der Waals surface area contributed by atoms with E-state index in [2.05, 4.69) is 0 Å². The molecule has 1 aliphatic carbocycles. The highest BCUT2D eigenvalue weighted by atomic mass is 16.7. The predicted molar refractivity (Wildman–Crippen MR) is 39.6 cm³/mol. The van der Waals surface area contributed by atoms with Crippen molar-refractivity contribution in [2.45, 2.75) is 25.7 Å². The number of hydrogen-bond acceptors (Lipinski definition) is 2. The van der Waals surface area contributed by atoms with Gasteiger partial charge in [0, 0.05) is 12.5 Å². The van der Waals surface area contributed by atoms with E-state index in [1.807, 2.05) is 0 Å². The summed E-state index contributed by atoms with van der Waals surface area (Å²) in [6, 6.07) is 0. The molecule has 0 aromatic heterocycles. The molecule has 62 valence electrons. The molecule has 0 aromatic rings. The van der Waals surface area contributed by atoms with Crippen molar-refractivity contribution in [3.8, 4) is 0 Å². The molecular formula is C8H13NO2. The average Bonchev–Trinajstić information content (AvgIpc) is 2.87. The Labute approximate surface area is 66.3 Å². The summed E-state index contributed by atoms with van der Waals surface area (Å²) in [5, 5.41) is 1.56. The molecule has 3 nitrogen and oxygen atoms in total. The van der Waals surface area contributed by atoms with Crippen molar-refractivity contribution in [1.82, 2.24) is 5.06 Å². The summed E-state index contributed by atoms with van der Waals surface area (Å²) in [5.74, 6) is 0.512. The number of carbonyl (C=O) groups is 1. The molecule has 0 aromatic carbocycles. The van der Waals surface area contributed by atoms with E-state index in [1.54, 1.807) is 5.06 Å². The summed E-state index contributed by atoms with van der Waals surface area (Å²) in [6.45, 7) is 1.52. The lowest BCUT2D eigenvalue weighted by Crippen LogP contribution is -2.36. The minimum Gasteiger partial charge on any atom is -0.272 e. The van der Waals surface area contributed by atoms with Crippen LogP contribution in [0.25, 0.3) is 0 Å². The zero-order valence-electron chi connectivity index (χ0n) is 6.58. The molecule has 0 atom stereocenters. The molecule has 3 heteroatoms. The standard InChI is InChI=1S/C8H13NO2/c10-8(7-3-4-7)9-5-1-2-6-11-9/h7H,1-6H2. The van der Waals surface area contributed by atoms with Gasteiger partial charge in [-0.1, -0.05) is 0 Å². The van der Waals surface area contributed by atoms with E-state index >= 15 is 0 Å². The lowest BCUT2D eigenvalue weighted by molar-refractivity contribution is -0.198. The van der Waals surface area contributed by atoms with Crippen LogP contribution in [0.5, 0.6) is 0 Å². The Kier molecular flexibility index (Phi) is 1.82. The lowest BCUT2D eigenvalue weighted by atomic mass is 10.3. The third-order valence-corrected chi connectivity index (χ3v) is 2.18. The van der Waals surface area contributed by atoms with E-state index < -0.39 is 0 Å². The Hall–Kier alpha value is -0.570. The number of nitrogens with zero attached hydrogens (tertiary/aromatic N) is 1. The van der Waals surface area contributed by atoms with Gasteiger partial charge in [0.15, 0.2) is 0 Å². The molecule has 1 amide bonds. The van der Waals surface area contributed by atoms with E-state index in [4.69, 9.17) is 4.84 Å². The molecule has 11 heavy (non-hydrogen) atoms. The first-order valence-corrected chi connectivity index (χ1v) is 4.32. The van der Waals surface area contributed by atoms with Gasteiger partial charge in [0.05, 0.1) is 6.61 Å². The first-order chi connectivity index (χ1) is 5.38. The lowest BCUT2D eigenvalue weighted by Gasteiger charge is -2.25. The molecule has 0 N–H and O–H groups in total. The Balaban J connectivity index is 1.86. The van der Waals surface area contributed by atoms with Gasteiger partial charge in [0.2, 0.25) is 5.91 Å². The average molecular weight is 155 g/mol. The SMILES string of the molecule is O=C(C1CC1)N1CCCCO1. The normalized spacial score (nSPS) is 25.3. The summed E-state index contributed by atoms with van der Waals surface area (Å²) in [6.07, 6.45) is 4.32. The van der Waals surface area contributed by atoms with Crippen LogP contribution in [0, 0.1) is 5.92 Å². The topological polar surface area (TPSA) is 29.5 Å². The maximum absolute atomic E-state index is 11.4. The van der Waals surface area contributed by atoms with E-state index in [1.165, 1.54) is 0 Å². The van der Waals surface area contributed by atoms with Gasteiger partial charge in [-0.05, 0) is 25.7 Å². The van der Waals surface area contributed by atoms with Crippen molar-refractivity contribution in [1.29, 1.82) is 0 Å². The van der Waals surface area contributed by atoms with Crippen LogP contribution in [0.4, 0.5) is 0 Å². The Morgan fingerprint density at radius 3 is 2.73 bits per heavy atom. The van der Waals surface area contributed by atoms with Crippen molar-refractivity contribution in [3.05, 3.63) is 0 Å².